The molecule has 0 unspecified atom stereocenters. The van der Waals surface area contributed by atoms with Gasteiger partial charge in [0.05, 0.1) is 30.8 Å². The molecule has 2 fully saturated rings. The monoisotopic (exact) mass is 543 g/mol. The van der Waals surface area contributed by atoms with Gasteiger partial charge in [0, 0.05) is 69.0 Å². The van der Waals surface area contributed by atoms with Crippen molar-refractivity contribution < 1.29 is 19.4 Å². The zero-order chi connectivity index (χ0) is 27.3. The summed E-state index contributed by atoms with van der Waals surface area (Å²) in [5.41, 5.74) is 1.80. The number of carbonyl (C=O) groups excluding carboxylic acids is 1. The summed E-state index contributed by atoms with van der Waals surface area (Å²) < 4.78 is 13.0. The highest BCUT2D eigenvalue weighted by molar-refractivity contribution is 6.04. The molecule has 11 nitrogen and oxygen atoms in total. The van der Waals surface area contributed by atoms with Crippen molar-refractivity contribution in [3.05, 3.63) is 66.7 Å². The second-order valence-electron chi connectivity index (χ2n) is 9.84. The van der Waals surface area contributed by atoms with Crippen LogP contribution >= 0.6 is 0 Å². The molecule has 4 aromatic rings. The molecule has 2 saturated heterocycles. The van der Waals surface area contributed by atoms with Crippen LogP contribution in [-0.4, -0.2) is 96.1 Å². The number of morpholine rings is 1. The summed E-state index contributed by atoms with van der Waals surface area (Å²) in [6.45, 7) is 8.24. The Morgan fingerprint density at radius 1 is 1.10 bits per heavy atom. The van der Waals surface area contributed by atoms with Crippen LogP contribution in [0.4, 0.5) is 11.4 Å². The number of carbonyl (C=O) groups is 1. The lowest BCUT2D eigenvalue weighted by molar-refractivity contribution is 0.0322. The third kappa shape index (κ3) is 5.71. The molecule has 3 N–H and O–H groups in total. The Bertz CT molecular complexity index is 1480. The number of ether oxygens (including phenoxy) is 2. The minimum absolute atomic E-state index is 0.0492. The van der Waals surface area contributed by atoms with E-state index in [1.165, 1.54) is 0 Å². The minimum Gasteiger partial charge on any atom is -0.494 e. The first-order valence-corrected chi connectivity index (χ1v) is 13.6. The number of hydrogen-bond acceptors (Lipinski definition) is 9. The van der Waals surface area contributed by atoms with Crippen LogP contribution in [0.1, 0.15) is 10.5 Å². The van der Waals surface area contributed by atoms with Crippen LogP contribution in [0.5, 0.6) is 11.6 Å². The number of rotatable bonds is 8. The smallest absolute Gasteiger partial charge is 0.274 e. The highest BCUT2D eigenvalue weighted by Crippen LogP contribution is 2.32. The molecule has 1 amide bonds. The van der Waals surface area contributed by atoms with Gasteiger partial charge < -0.3 is 30.1 Å². The molecule has 6 rings (SSSR count). The standard InChI is InChI=1S/C29H33N7O4/c37-28(33-25-19-31-7-6-26(25)35-10-8-30-9-11-35)24-2-1-3-27(32-24)36-20-21-18-22(4-5-23(21)29(36)38)40-17-14-34-12-15-39-16-13-34/h1-7,18-20,30,38H,8-17H2,(H,33,37). The molecule has 0 atom stereocenters. The molecule has 3 aromatic heterocycles. The van der Waals surface area contributed by atoms with Crippen molar-refractivity contribution in [3.8, 4) is 17.4 Å². The Kier molecular flexibility index (Phi) is 7.76. The largest absolute Gasteiger partial charge is 0.494 e. The molecule has 0 spiro atoms. The van der Waals surface area contributed by atoms with Gasteiger partial charge >= 0.3 is 0 Å². The Hall–Kier alpha value is -4.19. The molecular formula is C29H33N7O4. The predicted octanol–water partition coefficient (Wildman–Crippen LogP) is 2.50. The molecule has 2 aliphatic heterocycles. The van der Waals surface area contributed by atoms with E-state index in [2.05, 4.69) is 30.4 Å². The van der Waals surface area contributed by atoms with E-state index in [0.29, 0.717) is 23.5 Å². The number of aromatic nitrogens is 3. The zero-order valence-electron chi connectivity index (χ0n) is 22.3. The zero-order valence-corrected chi connectivity index (χ0v) is 22.3. The summed E-state index contributed by atoms with van der Waals surface area (Å²) in [5, 5.41) is 18.8. The topological polar surface area (TPSA) is 117 Å². The second kappa shape index (κ2) is 11.9. The van der Waals surface area contributed by atoms with E-state index in [9.17, 15) is 9.90 Å². The van der Waals surface area contributed by atoms with Gasteiger partial charge in [0.1, 0.15) is 23.9 Å². The molecule has 11 heteroatoms. The molecule has 5 heterocycles. The average Bonchev–Trinajstić information content (AvgIpc) is 3.34. The number of hydrogen-bond donors (Lipinski definition) is 3. The van der Waals surface area contributed by atoms with Crippen molar-refractivity contribution in [2.45, 2.75) is 0 Å². The van der Waals surface area contributed by atoms with Crippen LogP contribution in [-0.2, 0) is 4.74 Å². The Balaban J connectivity index is 1.17. The number of amides is 1. The number of aromatic hydroxyl groups is 1. The Labute approximate surface area is 232 Å². The lowest BCUT2D eigenvalue weighted by atomic mass is 10.2. The molecule has 1 aromatic carbocycles. The van der Waals surface area contributed by atoms with Crippen molar-refractivity contribution >= 4 is 28.1 Å². The van der Waals surface area contributed by atoms with Crippen molar-refractivity contribution in [2.24, 2.45) is 0 Å². The number of piperazine rings is 1. The van der Waals surface area contributed by atoms with Gasteiger partial charge in [0.2, 0.25) is 5.88 Å². The lowest BCUT2D eigenvalue weighted by Crippen LogP contribution is -2.43. The van der Waals surface area contributed by atoms with Gasteiger partial charge in [-0.25, -0.2) is 4.98 Å². The van der Waals surface area contributed by atoms with Crippen LogP contribution in [0, 0.1) is 0 Å². The van der Waals surface area contributed by atoms with Crippen LogP contribution in [0.15, 0.2) is 61.1 Å². The van der Waals surface area contributed by atoms with Gasteiger partial charge in [0.15, 0.2) is 0 Å². The first-order chi connectivity index (χ1) is 19.7. The fourth-order valence-electron chi connectivity index (χ4n) is 5.10. The summed E-state index contributed by atoms with van der Waals surface area (Å²) in [4.78, 5) is 26.5. The van der Waals surface area contributed by atoms with Gasteiger partial charge in [-0.2, -0.15) is 0 Å². The average molecular weight is 544 g/mol. The number of benzene rings is 1. The summed E-state index contributed by atoms with van der Waals surface area (Å²) in [7, 11) is 0. The summed E-state index contributed by atoms with van der Waals surface area (Å²) in [6, 6.07) is 12.7. The van der Waals surface area contributed by atoms with Gasteiger partial charge in [-0.05, 0) is 36.4 Å². The van der Waals surface area contributed by atoms with Crippen LogP contribution < -0.4 is 20.3 Å². The van der Waals surface area contributed by atoms with E-state index in [-0.39, 0.29) is 17.5 Å². The molecule has 0 radical (unpaired) electrons. The molecule has 0 aliphatic carbocycles. The molecular weight excluding hydrogens is 510 g/mol. The molecule has 208 valence electrons. The second-order valence-corrected chi connectivity index (χ2v) is 9.84. The molecule has 0 saturated carbocycles. The first-order valence-electron chi connectivity index (χ1n) is 13.6. The number of nitrogens with one attached hydrogen (secondary N) is 2. The minimum atomic E-state index is -0.349. The van der Waals surface area contributed by atoms with Gasteiger partial charge in [-0.1, -0.05) is 6.07 Å². The quantitative estimate of drug-likeness (QED) is 0.308. The Morgan fingerprint density at radius 3 is 2.80 bits per heavy atom. The maximum absolute atomic E-state index is 13.2. The maximum Gasteiger partial charge on any atom is 0.274 e. The van der Waals surface area contributed by atoms with Gasteiger partial charge in [-0.3, -0.25) is 19.2 Å². The SMILES string of the molecule is O=C(Nc1cnccc1N1CCNCC1)c1cccc(-n2cc3cc(OCCN4CCOCC4)ccc3c2O)n1. The van der Waals surface area contributed by atoms with Crippen molar-refractivity contribution in [1.82, 2.24) is 24.8 Å². The summed E-state index contributed by atoms with van der Waals surface area (Å²) in [6.07, 6.45) is 5.18. The van der Waals surface area contributed by atoms with Crippen molar-refractivity contribution in [2.75, 3.05) is 75.9 Å². The van der Waals surface area contributed by atoms with E-state index in [1.807, 2.05) is 24.3 Å². The first kappa shape index (κ1) is 26.1. The van der Waals surface area contributed by atoms with Gasteiger partial charge in [0.25, 0.3) is 5.91 Å². The van der Waals surface area contributed by atoms with Crippen LogP contribution in [0.2, 0.25) is 0 Å². The third-order valence-electron chi connectivity index (χ3n) is 7.26. The predicted molar refractivity (Wildman–Crippen MR) is 153 cm³/mol. The van der Waals surface area contributed by atoms with E-state index in [4.69, 9.17) is 9.47 Å². The highest BCUT2D eigenvalue weighted by atomic mass is 16.5. The third-order valence-corrected chi connectivity index (χ3v) is 7.26. The number of anilines is 2. The number of nitrogens with zero attached hydrogens (tertiary/aromatic N) is 5. The van der Waals surface area contributed by atoms with Crippen LogP contribution in [0.3, 0.4) is 0 Å². The molecule has 0 bridgehead atoms. The van der Waals surface area contributed by atoms with E-state index >= 15 is 0 Å². The lowest BCUT2D eigenvalue weighted by Gasteiger charge is -2.30. The summed E-state index contributed by atoms with van der Waals surface area (Å²) in [5.74, 6) is 0.868. The molecule has 40 heavy (non-hydrogen) atoms. The van der Waals surface area contributed by atoms with Gasteiger partial charge in [-0.15, -0.1) is 0 Å². The fourth-order valence-corrected chi connectivity index (χ4v) is 5.10. The van der Waals surface area contributed by atoms with Crippen molar-refractivity contribution in [3.63, 3.8) is 0 Å². The van der Waals surface area contributed by atoms with Crippen LogP contribution in [0.25, 0.3) is 16.6 Å². The molecule has 2 aliphatic rings. The number of pyridine rings is 2. The Morgan fingerprint density at radius 2 is 1.95 bits per heavy atom. The number of fused-ring (bicyclic) bond motifs is 1. The van der Waals surface area contributed by atoms with E-state index in [1.54, 1.807) is 41.4 Å². The van der Waals surface area contributed by atoms with E-state index < -0.39 is 0 Å². The van der Waals surface area contributed by atoms with E-state index in [0.717, 1.165) is 75.9 Å². The highest BCUT2D eigenvalue weighted by Gasteiger charge is 2.18. The normalized spacial score (nSPS) is 16.2. The van der Waals surface area contributed by atoms with Crippen molar-refractivity contribution in [1.29, 1.82) is 0 Å². The fraction of sp³-hybridized carbons (Fsp3) is 0.345. The summed E-state index contributed by atoms with van der Waals surface area (Å²) >= 11 is 0. The maximum atomic E-state index is 13.2.